The molecule has 0 bridgehead atoms. The molecule has 1 aliphatic heterocycles. The zero-order chi connectivity index (χ0) is 19.1. The lowest BCUT2D eigenvalue weighted by molar-refractivity contribution is 0.0979. The van der Waals surface area contributed by atoms with Crippen LogP contribution in [0.15, 0.2) is 66.0 Å². The van der Waals surface area contributed by atoms with Gasteiger partial charge >= 0.3 is 0 Å². The van der Waals surface area contributed by atoms with Gasteiger partial charge in [0.2, 0.25) is 5.82 Å². The summed E-state index contributed by atoms with van der Waals surface area (Å²) in [6, 6.07) is 19.9. The first-order chi connectivity index (χ1) is 13.7. The number of carbonyl (C=O) groups is 1. The zero-order valence-corrected chi connectivity index (χ0v) is 16.2. The molecular formula is C22H18N4OS. The molecule has 0 unspecified atom stereocenters. The first kappa shape index (κ1) is 16.9. The maximum atomic E-state index is 13.3. The van der Waals surface area contributed by atoms with Crippen molar-refractivity contribution < 1.29 is 4.79 Å². The van der Waals surface area contributed by atoms with Gasteiger partial charge in [-0.15, -0.1) is 16.4 Å². The number of anilines is 1. The number of fused-ring (bicyclic) bond motifs is 1. The van der Waals surface area contributed by atoms with Crippen LogP contribution in [0.25, 0.3) is 16.4 Å². The lowest BCUT2D eigenvalue weighted by Crippen LogP contribution is -2.30. The van der Waals surface area contributed by atoms with Crippen molar-refractivity contribution in [1.29, 1.82) is 0 Å². The third-order valence-corrected chi connectivity index (χ3v) is 5.85. The van der Waals surface area contributed by atoms with Crippen molar-refractivity contribution in [2.45, 2.75) is 13.3 Å². The van der Waals surface area contributed by atoms with Crippen LogP contribution in [-0.4, -0.2) is 27.2 Å². The van der Waals surface area contributed by atoms with Crippen LogP contribution in [0.4, 0.5) is 5.69 Å². The summed E-state index contributed by atoms with van der Waals surface area (Å²) >= 11 is 1.58. The van der Waals surface area contributed by atoms with Crippen LogP contribution in [0.5, 0.6) is 0 Å². The van der Waals surface area contributed by atoms with E-state index in [1.54, 1.807) is 16.0 Å². The molecule has 1 amide bonds. The fraction of sp³-hybridized carbons (Fsp3) is 0.136. The predicted octanol–water partition coefficient (Wildman–Crippen LogP) is 4.51. The highest BCUT2D eigenvalue weighted by Crippen LogP contribution is 2.33. The number of para-hydroxylation sites is 2. The first-order valence-corrected chi connectivity index (χ1v) is 10.1. The number of rotatable bonds is 3. The van der Waals surface area contributed by atoms with Crippen molar-refractivity contribution in [3.05, 3.63) is 83.0 Å². The van der Waals surface area contributed by atoms with Gasteiger partial charge in [0.15, 0.2) is 5.82 Å². The summed E-state index contributed by atoms with van der Waals surface area (Å²) in [6.45, 7) is 2.70. The Labute approximate surface area is 166 Å². The monoisotopic (exact) mass is 386 g/mol. The number of amides is 1. The molecular weight excluding hydrogens is 368 g/mol. The molecule has 6 heteroatoms. The second-order valence-corrected chi connectivity index (χ2v) is 7.72. The molecule has 0 spiro atoms. The third kappa shape index (κ3) is 2.73. The van der Waals surface area contributed by atoms with Gasteiger partial charge in [-0.25, -0.2) is 9.67 Å². The molecule has 1 aliphatic rings. The zero-order valence-electron chi connectivity index (χ0n) is 15.4. The highest BCUT2D eigenvalue weighted by molar-refractivity contribution is 7.13. The molecule has 0 N–H and O–H groups in total. The molecule has 4 aromatic rings. The van der Waals surface area contributed by atoms with E-state index >= 15 is 0 Å². The van der Waals surface area contributed by atoms with E-state index in [-0.39, 0.29) is 11.7 Å². The molecule has 5 nitrogen and oxygen atoms in total. The van der Waals surface area contributed by atoms with E-state index in [0.717, 1.165) is 28.2 Å². The molecule has 0 fully saturated rings. The van der Waals surface area contributed by atoms with Crippen LogP contribution in [0.1, 0.15) is 21.7 Å². The predicted molar refractivity (Wildman–Crippen MR) is 111 cm³/mol. The Kier molecular flexibility index (Phi) is 4.06. The van der Waals surface area contributed by atoms with Gasteiger partial charge in [-0.1, -0.05) is 42.5 Å². The number of hydrogen-bond acceptors (Lipinski definition) is 4. The molecule has 138 valence electrons. The summed E-state index contributed by atoms with van der Waals surface area (Å²) in [5.74, 6) is 0.762. The lowest BCUT2D eigenvalue weighted by atomic mass is 10.1. The van der Waals surface area contributed by atoms with Gasteiger partial charge in [-0.3, -0.25) is 4.79 Å². The van der Waals surface area contributed by atoms with Crippen LogP contribution in [0, 0.1) is 6.92 Å². The SMILES string of the molecule is Cc1cccc2c1N(C(=O)c1nc(-c3cccs3)n(-c3ccccc3)n1)CC2. The lowest BCUT2D eigenvalue weighted by Gasteiger charge is -2.17. The molecule has 2 aromatic heterocycles. The summed E-state index contributed by atoms with van der Waals surface area (Å²) in [5.41, 5.74) is 4.19. The minimum atomic E-state index is -0.152. The number of nitrogens with zero attached hydrogens (tertiary/aromatic N) is 4. The number of carbonyl (C=O) groups excluding carboxylic acids is 1. The molecule has 0 saturated heterocycles. The van der Waals surface area contributed by atoms with Gasteiger partial charge in [0, 0.05) is 6.54 Å². The van der Waals surface area contributed by atoms with Gasteiger partial charge in [-0.2, -0.15) is 0 Å². The molecule has 28 heavy (non-hydrogen) atoms. The van der Waals surface area contributed by atoms with Crippen molar-refractivity contribution in [2.24, 2.45) is 0 Å². The van der Waals surface area contributed by atoms with Crippen molar-refractivity contribution in [2.75, 3.05) is 11.4 Å². The van der Waals surface area contributed by atoms with Gasteiger partial charge in [0.05, 0.1) is 16.3 Å². The highest BCUT2D eigenvalue weighted by atomic mass is 32.1. The second kappa shape index (κ2) is 6.73. The van der Waals surface area contributed by atoms with E-state index in [2.05, 4.69) is 16.1 Å². The summed E-state index contributed by atoms with van der Waals surface area (Å²) in [5, 5.41) is 6.61. The van der Waals surface area contributed by atoms with Gasteiger partial charge < -0.3 is 4.90 Å². The van der Waals surface area contributed by atoms with Gasteiger partial charge in [0.25, 0.3) is 5.91 Å². The molecule has 0 atom stereocenters. The Hall–Kier alpha value is -3.25. The van der Waals surface area contributed by atoms with E-state index in [9.17, 15) is 4.79 Å². The maximum Gasteiger partial charge on any atom is 0.297 e. The highest BCUT2D eigenvalue weighted by Gasteiger charge is 2.30. The number of benzene rings is 2. The Bertz CT molecular complexity index is 1150. The van der Waals surface area contributed by atoms with Gasteiger partial charge in [0.1, 0.15) is 0 Å². The first-order valence-electron chi connectivity index (χ1n) is 9.19. The molecule has 2 aromatic carbocycles. The van der Waals surface area contributed by atoms with Crippen LogP contribution < -0.4 is 4.90 Å². The van der Waals surface area contributed by atoms with Crippen LogP contribution in [0.2, 0.25) is 0 Å². The fourth-order valence-electron chi connectivity index (χ4n) is 3.69. The quantitative estimate of drug-likeness (QED) is 0.521. The van der Waals surface area contributed by atoms with Crippen molar-refractivity contribution >= 4 is 22.9 Å². The Morgan fingerprint density at radius 1 is 1.04 bits per heavy atom. The number of aromatic nitrogens is 3. The van der Waals surface area contributed by atoms with E-state index in [0.29, 0.717) is 12.4 Å². The van der Waals surface area contributed by atoms with Gasteiger partial charge in [-0.05, 0) is 48.1 Å². The average Bonchev–Trinajstić information content (AvgIpc) is 3.46. The number of thiophene rings is 1. The summed E-state index contributed by atoms with van der Waals surface area (Å²) in [6.07, 6.45) is 0.861. The standard InChI is InChI=1S/C22H18N4OS/c1-15-7-5-8-16-12-13-25(19(15)16)22(27)20-23-21(18-11-6-14-28-18)26(24-20)17-9-3-2-4-10-17/h2-11,14H,12-13H2,1H3. The number of hydrogen-bond donors (Lipinski definition) is 0. The summed E-state index contributed by atoms with van der Waals surface area (Å²) in [7, 11) is 0. The van der Waals surface area contributed by atoms with E-state index in [1.165, 1.54) is 5.56 Å². The van der Waals surface area contributed by atoms with E-state index in [1.807, 2.05) is 71.8 Å². The van der Waals surface area contributed by atoms with Crippen molar-refractivity contribution in [1.82, 2.24) is 14.8 Å². The maximum absolute atomic E-state index is 13.3. The molecule has 3 heterocycles. The van der Waals surface area contributed by atoms with E-state index < -0.39 is 0 Å². The third-order valence-electron chi connectivity index (χ3n) is 4.98. The largest absolute Gasteiger partial charge is 0.305 e. The minimum absolute atomic E-state index is 0.152. The number of aryl methyl sites for hydroxylation is 1. The minimum Gasteiger partial charge on any atom is -0.305 e. The average molecular weight is 386 g/mol. The molecule has 0 radical (unpaired) electrons. The van der Waals surface area contributed by atoms with Crippen molar-refractivity contribution in [3.8, 4) is 16.4 Å². The fourth-order valence-corrected chi connectivity index (χ4v) is 4.39. The summed E-state index contributed by atoms with van der Waals surface area (Å²) in [4.78, 5) is 20.8. The van der Waals surface area contributed by atoms with Crippen LogP contribution in [0.3, 0.4) is 0 Å². The molecule has 5 rings (SSSR count). The van der Waals surface area contributed by atoms with Crippen LogP contribution >= 0.6 is 11.3 Å². The second-order valence-electron chi connectivity index (χ2n) is 6.77. The molecule has 0 saturated carbocycles. The Morgan fingerprint density at radius 3 is 2.68 bits per heavy atom. The Balaban J connectivity index is 1.60. The molecule has 0 aliphatic carbocycles. The van der Waals surface area contributed by atoms with Crippen molar-refractivity contribution in [3.63, 3.8) is 0 Å². The normalized spacial score (nSPS) is 13.0. The van der Waals surface area contributed by atoms with Crippen LogP contribution in [-0.2, 0) is 6.42 Å². The smallest absolute Gasteiger partial charge is 0.297 e. The topological polar surface area (TPSA) is 51.0 Å². The Morgan fingerprint density at radius 2 is 1.89 bits per heavy atom. The summed E-state index contributed by atoms with van der Waals surface area (Å²) < 4.78 is 1.76. The van der Waals surface area contributed by atoms with E-state index in [4.69, 9.17) is 0 Å².